The molecular weight excluding hydrogens is 390 g/mol. The number of fused-ring (bicyclic) bond motifs is 3. The molecule has 0 saturated carbocycles. The molecule has 0 saturated heterocycles. The molecule has 0 unspecified atom stereocenters. The van der Waals surface area contributed by atoms with E-state index in [0.29, 0.717) is 30.6 Å². The van der Waals surface area contributed by atoms with Crippen molar-refractivity contribution in [2.45, 2.75) is 40.0 Å². The lowest BCUT2D eigenvalue weighted by atomic mass is 10.1. The van der Waals surface area contributed by atoms with E-state index in [2.05, 4.69) is 15.7 Å². The fourth-order valence-electron chi connectivity index (χ4n) is 3.69. The zero-order valence-corrected chi connectivity index (χ0v) is 17.9. The number of nitrogens with one attached hydrogen (secondary N) is 2. The Morgan fingerprint density at radius 2 is 1.58 bits per heavy atom. The number of aromatic nitrogens is 3. The van der Waals surface area contributed by atoms with Gasteiger partial charge in [-0.3, -0.25) is 9.59 Å². The van der Waals surface area contributed by atoms with Gasteiger partial charge in [-0.15, -0.1) is 0 Å². The summed E-state index contributed by atoms with van der Waals surface area (Å²) in [7, 11) is 0. The van der Waals surface area contributed by atoms with E-state index < -0.39 is 0 Å². The fraction of sp³-hybridized carbons (Fsp3) is 0.250. The van der Waals surface area contributed by atoms with Crippen molar-refractivity contribution in [2.24, 2.45) is 0 Å². The lowest BCUT2D eigenvalue weighted by molar-refractivity contribution is -0.116. The Hall–Kier alpha value is -3.74. The molecule has 0 aliphatic carbocycles. The summed E-state index contributed by atoms with van der Waals surface area (Å²) in [6, 6.07) is 15.1. The first-order valence-corrected chi connectivity index (χ1v) is 10.4. The molecule has 158 valence electrons. The van der Waals surface area contributed by atoms with Gasteiger partial charge in [0.1, 0.15) is 0 Å². The van der Waals surface area contributed by atoms with Crippen LogP contribution in [-0.4, -0.2) is 26.4 Å². The van der Waals surface area contributed by atoms with Crippen molar-refractivity contribution in [2.75, 3.05) is 10.6 Å². The molecule has 4 rings (SSSR count). The number of aryl methyl sites for hydroxylation is 2. The highest BCUT2D eigenvalue weighted by Gasteiger charge is 2.15. The first-order chi connectivity index (χ1) is 15.0. The van der Waals surface area contributed by atoms with E-state index in [0.717, 1.165) is 33.5 Å². The molecule has 31 heavy (non-hydrogen) atoms. The van der Waals surface area contributed by atoms with E-state index >= 15 is 0 Å². The molecule has 2 heterocycles. The second-order valence-electron chi connectivity index (χ2n) is 7.54. The normalized spacial score (nSPS) is 11.1. The Morgan fingerprint density at radius 1 is 0.935 bits per heavy atom. The van der Waals surface area contributed by atoms with Crippen molar-refractivity contribution in [3.8, 4) is 0 Å². The summed E-state index contributed by atoms with van der Waals surface area (Å²) in [5.41, 5.74) is 6.11. The highest BCUT2D eigenvalue weighted by atomic mass is 16.2. The maximum atomic E-state index is 12.5. The molecule has 0 fully saturated rings. The van der Waals surface area contributed by atoms with E-state index in [9.17, 15) is 9.59 Å². The predicted molar refractivity (Wildman–Crippen MR) is 122 cm³/mol. The minimum Gasteiger partial charge on any atom is -0.326 e. The third-order valence-electron chi connectivity index (χ3n) is 5.39. The third-order valence-corrected chi connectivity index (χ3v) is 5.39. The second kappa shape index (κ2) is 8.55. The average molecular weight is 415 g/mol. The number of amides is 2. The summed E-state index contributed by atoms with van der Waals surface area (Å²) in [6.07, 6.45) is 1.34. The van der Waals surface area contributed by atoms with Gasteiger partial charge >= 0.3 is 0 Å². The summed E-state index contributed by atoms with van der Waals surface area (Å²) in [5.74, 6) is -0.118. The van der Waals surface area contributed by atoms with Crippen LogP contribution in [0, 0.1) is 13.8 Å². The summed E-state index contributed by atoms with van der Waals surface area (Å²) >= 11 is 0. The highest BCUT2D eigenvalue weighted by molar-refractivity contribution is 5.93. The van der Waals surface area contributed by atoms with Gasteiger partial charge in [-0.2, -0.15) is 5.10 Å². The molecule has 0 aliphatic rings. The molecule has 0 radical (unpaired) electrons. The minimum absolute atomic E-state index is 0.0434. The first kappa shape index (κ1) is 20.5. The smallest absolute Gasteiger partial charge is 0.224 e. The van der Waals surface area contributed by atoms with Gasteiger partial charge in [0.15, 0.2) is 5.65 Å². The number of rotatable bonds is 6. The van der Waals surface area contributed by atoms with Crippen LogP contribution in [0.5, 0.6) is 0 Å². The number of anilines is 2. The third kappa shape index (κ3) is 4.26. The van der Waals surface area contributed by atoms with Crippen LogP contribution in [0.2, 0.25) is 0 Å². The Morgan fingerprint density at radius 3 is 2.26 bits per heavy atom. The van der Waals surface area contributed by atoms with Crippen molar-refractivity contribution in [1.29, 1.82) is 0 Å². The average Bonchev–Trinajstić information content (AvgIpc) is 3.13. The minimum atomic E-state index is -0.0742. The number of benzene rings is 2. The van der Waals surface area contributed by atoms with Gasteiger partial charge in [0.05, 0.1) is 5.52 Å². The van der Waals surface area contributed by atoms with E-state index in [1.54, 1.807) is 31.2 Å². The monoisotopic (exact) mass is 415 g/mol. The molecule has 2 N–H and O–H groups in total. The van der Waals surface area contributed by atoms with Gasteiger partial charge in [-0.25, -0.2) is 9.50 Å². The molecule has 0 bridgehead atoms. The summed E-state index contributed by atoms with van der Waals surface area (Å²) in [6.45, 7) is 5.80. The molecule has 0 atom stereocenters. The molecule has 7 heteroatoms. The van der Waals surface area contributed by atoms with Crippen LogP contribution >= 0.6 is 0 Å². The SMILES string of the molecule is CCC(=O)Nc1ccc(NC(=O)CCc2c(C)nc3c4ccccc4nn3c2C)cc1. The highest BCUT2D eigenvalue weighted by Crippen LogP contribution is 2.23. The largest absolute Gasteiger partial charge is 0.326 e. The first-order valence-electron chi connectivity index (χ1n) is 10.4. The summed E-state index contributed by atoms with van der Waals surface area (Å²) < 4.78 is 1.87. The van der Waals surface area contributed by atoms with Gasteiger partial charge in [-0.1, -0.05) is 19.1 Å². The molecule has 2 amide bonds. The van der Waals surface area contributed by atoms with Crippen molar-refractivity contribution < 1.29 is 9.59 Å². The van der Waals surface area contributed by atoms with Gasteiger partial charge in [-0.05, 0) is 62.2 Å². The van der Waals surface area contributed by atoms with Crippen LogP contribution in [0.15, 0.2) is 48.5 Å². The van der Waals surface area contributed by atoms with Gasteiger partial charge in [0.2, 0.25) is 11.8 Å². The number of hydrogen-bond donors (Lipinski definition) is 2. The number of carbonyl (C=O) groups is 2. The molecule has 7 nitrogen and oxygen atoms in total. The van der Waals surface area contributed by atoms with Crippen molar-refractivity contribution >= 4 is 39.7 Å². The van der Waals surface area contributed by atoms with Crippen LogP contribution in [0.25, 0.3) is 16.6 Å². The summed E-state index contributed by atoms with van der Waals surface area (Å²) in [4.78, 5) is 28.7. The Labute approximate surface area is 180 Å². The Balaban J connectivity index is 1.45. The van der Waals surface area contributed by atoms with E-state index in [-0.39, 0.29) is 11.8 Å². The van der Waals surface area contributed by atoms with E-state index in [1.807, 2.05) is 42.6 Å². The molecule has 4 aromatic rings. The molecule has 0 aliphatic heterocycles. The van der Waals surface area contributed by atoms with E-state index in [1.165, 1.54) is 0 Å². The molecule has 2 aromatic carbocycles. The second-order valence-corrected chi connectivity index (χ2v) is 7.54. The maximum absolute atomic E-state index is 12.5. The lowest BCUT2D eigenvalue weighted by Gasteiger charge is -2.11. The zero-order valence-electron chi connectivity index (χ0n) is 17.9. The van der Waals surface area contributed by atoms with Crippen molar-refractivity contribution in [1.82, 2.24) is 14.6 Å². The zero-order chi connectivity index (χ0) is 22.0. The number of hydrogen-bond acceptors (Lipinski definition) is 4. The van der Waals surface area contributed by atoms with Crippen molar-refractivity contribution in [3.63, 3.8) is 0 Å². The number of carbonyl (C=O) groups excluding carboxylic acids is 2. The van der Waals surface area contributed by atoms with Crippen LogP contribution in [-0.2, 0) is 16.0 Å². The van der Waals surface area contributed by atoms with Gasteiger partial charge in [0, 0.05) is 41.0 Å². The quantitative estimate of drug-likeness (QED) is 0.488. The van der Waals surface area contributed by atoms with Crippen LogP contribution in [0.1, 0.15) is 36.7 Å². The van der Waals surface area contributed by atoms with Crippen molar-refractivity contribution in [3.05, 3.63) is 65.5 Å². The van der Waals surface area contributed by atoms with E-state index in [4.69, 9.17) is 4.98 Å². The Bertz CT molecular complexity index is 1270. The Kier molecular flexibility index (Phi) is 5.66. The lowest BCUT2D eigenvalue weighted by Crippen LogP contribution is -2.14. The fourth-order valence-corrected chi connectivity index (χ4v) is 3.69. The summed E-state index contributed by atoms with van der Waals surface area (Å²) in [5, 5.41) is 11.4. The molecule has 2 aromatic heterocycles. The number of nitrogens with zero attached hydrogens (tertiary/aromatic N) is 3. The van der Waals surface area contributed by atoms with Crippen LogP contribution in [0.3, 0.4) is 0 Å². The molecule has 0 spiro atoms. The molecular formula is C24H25N5O2. The topological polar surface area (TPSA) is 88.4 Å². The van der Waals surface area contributed by atoms with Gasteiger partial charge in [0.25, 0.3) is 0 Å². The van der Waals surface area contributed by atoms with Gasteiger partial charge < -0.3 is 10.6 Å². The van der Waals surface area contributed by atoms with Crippen LogP contribution < -0.4 is 10.6 Å². The maximum Gasteiger partial charge on any atom is 0.224 e. The standard InChI is InChI=1S/C24H25N5O2/c1-4-22(30)26-17-9-11-18(12-10-17)27-23(31)14-13-19-15(2)25-24-20-7-5-6-8-21(20)28-29(24)16(19)3/h5-12H,4,13-14H2,1-3H3,(H,26,30)(H,27,31). The predicted octanol–water partition coefficient (Wildman–Crippen LogP) is 4.42. The van der Waals surface area contributed by atoms with Crippen LogP contribution in [0.4, 0.5) is 11.4 Å².